The Morgan fingerprint density at radius 3 is 2.76 bits per heavy atom. The maximum Gasteiger partial charge on any atom is 0.342 e. The zero-order chi connectivity index (χ0) is 13.0. The minimum atomic E-state index is -1.36. The number of aromatic nitrogens is 2. The number of carboxylic acids is 1. The zero-order valence-corrected chi connectivity index (χ0v) is 9.60. The molecule has 0 saturated heterocycles. The van der Waals surface area contributed by atoms with Crippen molar-refractivity contribution in [1.82, 2.24) is 9.55 Å². The van der Waals surface area contributed by atoms with Crippen LogP contribution in [0.15, 0.2) is 15.8 Å². The molecule has 1 unspecified atom stereocenters. The number of carboxylic acid groups (broad SMARTS) is 1. The van der Waals surface area contributed by atoms with Gasteiger partial charge in [0.25, 0.3) is 5.56 Å². The quantitative estimate of drug-likeness (QED) is 0.746. The fourth-order valence-electron chi connectivity index (χ4n) is 1.39. The smallest absolute Gasteiger partial charge is 0.342 e. The third-order valence-corrected chi connectivity index (χ3v) is 2.41. The third kappa shape index (κ3) is 3.04. The van der Waals surface area contributed by atoms with Crippen molar-refractivity contribution in [2.45, 2.75) is 19.4 Å². The molecule has 0 radical (unpaired) electrons. The highest BCUT2D eigenvalue weighted by Crippen LogP contribution is 2.07. The molecular formula is C10H14N2O5. The molecule has 0 bridgehead atoms. The normalized spacial score (nSPS) is 12.4. The van der Waals surface area contributed by atoms with Gasteiger partial charge in [-0.05, 0) is 13.3 Å². The molecule has 0 saturated carbocycles. The van der Waals surface area contributed by atoms with Crippen LogP contribution in [0.25, 0.3) is 0 Å². The van der Waals surface area contributed by atoms with Gasteiger partial charge in [-0.1, -0.05) is 0 Å². The lowest BCUT2D eigenvalue weighted by Gasteiger charge is -2.14. The van der Waals surface area contributed by atoms with Gasteiger partial charge >= 0.3 is 11.7 Å². The number of rotatable bonds is 5. The molecule has 0 fully saturated rings. The van der Waals surface area contributed by atoms with E-state index in [9.17, 15) is 14.4 Å². The number of carbonyl (C=O) groups is 1. The summed E-state index contributed by atoms with van der Waals surface area (Å²) in [6, 6.07) is -0.252. The topological polar surface area (TPSA) is 101 Å². The van der Waals surface area contributed by atoms with Crippen LogP contribution in [-0.4, -0.2) is 34.3 Å². The molecule has 0 amide bonds. The van der Waals surface area contributed by atoms with Crippen LogP contribution >= 0.6 is 0 Å². The van der Waals surface area contributed by atoms with Crippen molar-refractivity contribution in [3.63, 3.8) is 0 Å². The van der Waals surface area contributed by atoms with Crippen molar-refractivity contribution in [2.75, 3.05) is 13.7 Å². The summed E-state index contributed by atoms with van der Waals surface area (Å²) in [6.45, 7) is 2.18. The Hall–Kier alpha value is -1.89. The van der Waals surface area contributed by atoms with Gasteiger partial charge in [0.05, 0.1) is 0 Å². The number of nitrogens with one attached hydrogen (secondary N) is 1. The second-order valence-electron chi connectivity index (χ2n) is 3.64. The van der Waals surface area contributed by atoms with Gasteiger partial charge in [-0.3, -0.25) is 14.3 Å². The number of hydrogen-bond donors (Lipinski definition) is 2. The maximum atomic E-state index is 11.5. The fraction of sp³-hybridized carbons (Fsp3) is 0.500. The summed E-state index contributed by atoms with van der Waals surface area (Å²) in [5.74, 6) is -1.36. The predicted molar refractivity (Wildman–Crippen MR) is 59.5 cm³/mol. The van der Waals surface area contributed by atoms with Crippen molar-refractivity contribution in [2.24, 2.45) is 0 Å². The predicted octanol–water partition coefficient (Wildman–Crippen LogP) is -0.168. The Balaban J connectivity index is 3.16. The molecule has 7 nitrogen and oxygen atoms in total. The van der Waals surface area contributed by atoms with E-state index in [2.05, 4.69) is 0 Å². The van der Waals surface area contributed by atoms with Crippen molar-refractivity contribution in [1.29, 1.82) is 0 Å². The first-order valence-corrected chi connectivity index (χ1v) is 5.05. The van der Waals surface area contributed by atoms with Crippen LogP contribution in [-0.2, 0) is 4.74 Å². The number of nitrogens with zero attached hydrogens (tertiary/aromatic N) is 1. The van der Waals surface area contributed by atoms with E-state index in [-0.39, 0.29) is 6.04 Å². The first-order chi connectivity index (χ1) is 7.97. The van der Waals surface area contributed by atoms with Gasteiger partial charge < -0.3 is 9.84 Å². The molecule has 0 aromatic carbocycles. The second-order valence-corrected chi connectivity index (χ2v) is 3.64. The van der Waals surface area contributed by atoms with Crippen LogP contribution in [0.5, 0.6) is 0 Å². The molecule has 1 atom stereocenters. The first-order valence-electron chi connectivity index (χ1n) is 5.05. The molecule has 1 rings (SSSR count). The lowest BCUT2D eigenvalue weighted by molar-refractivity contribution is 0.0693. The van der Waals surface area contributed by atoms with Crippen molar-refractivity contribution in [3.8, 4) is 0 Å². The Morgan fingerprint density at radius 1 is 1.59 bits per heavy atom. The Bertz CT molecular complexity index is 516. The van der Waals surface area contributed by atoms with Crippen molar-refractivity contribution >= 4 is 5.97 Å². The molecule has 7 heteroatoms. The molecule has 0 spiro atoms. The number of aromatic carboxylic acids is 1. The number of ether oxygens (including phenoxy) is 1. The monoisotopic (exact) mass is 242 g/mol. The average Bonchev–Trinajstić information content (AvgIpc) is 2.25. The van der Waals surface area contributed by atoms with Gasteiger partial charge in [-0.2, -0.15) is 0 Å². The molecule has 0 aliphatic heterocycles. The van der Waals surface area contributed by atoms with Crippen LogP contribution in [0.4, 0.5) is 0 Å². The molecule has 2 N–H and O–H groups in total. The van der Waals surface area contributed by atoms with Gasteiger partial charge in [0.15, 0.2) is 0 Å². The van der Waals surface area contributed by atoms with Crippen LogP contribution in [0.3, 0.4) is 0 Å². The summed E-state index contributed by atoms with van der Waals surface area (Å²) in [4.78, 5) is 35.4. The lowest BCUT2D eigenvalue weighted by Crippen LogP contribution is -2.35. The fourth-order valence-corrected chi connectivity index (χ4v) is 1.39. The van der Waals surface area contributed by atoms with E-state index in [1.807, 2.05) is 4.98 Å². The summed E-state index contributed by atoms with van der Waals surface area (Å²) in [5.41, 5.74) is -1.96. The van der Waals surface area contributed by atoms with Crippen LogP contribution in [0, 0.1) is 0 Å². The van der Waals surface area contributed by atoms with Gasteiger partial charge in [0, 0.05) is 26.0 Å². The highest BCUT2D eigenvalue weighted by molar-refractivity contribution is 5.86. The highest BCUT2D eigenvalue weighted by Gasteiger charge is 2.14. The number of H-pyrrole nitrogens is 1. The first kappa shape index (κ1) is 13.2. The summed E-state index contributed by atoms with van der Waals surface area (Å²) in [7, 11) is 1.53. The van der Waals surface area contributed by atoms with E-state index in [4.69, 9.17) is 9.84 Å². The van der Waals surface area contributed by atoms with E-state index in [1.165, 1.54) is 11.7 Å². The van der Waals surface area contributed by atoms with Gasteiger partial charge in [0.1, 0.15) is 5.56 Å². The van der Waals surface area contributed by atoms with E-state index >= 15 is 0 Å². The Morgan fingerprint density at radius 2 is 2.24 bits per heavy atom. The summed E-state index contributed by atoms with van der Waals surface area (Å²) < 4.78 is 6.06. The Kier molecular flexibility index (Phi) is 4.22. The lowest BCUT2D eigenvalue weighted by atomic mass is 10.2. The van der Waals surface area contributed by atoms with Gasteiger partial charge in [-0.15, -0.1) is 0 Å². The number of aromatic amines is 1. The van der Waals surface area contributed by atoms with Gasteiger partial charge in [-0.25, -0.2) is 9.59 Å². The van der Waals surface area contributed by atoms with Gasteiger partial charge in [0.2, 0.25) is 0 Å². The van der Waals surface area contributed by atoms with E-state index < -0.39 is 22.8 Å². The summed E-state index contributed by atoms with van der Waals surface area (Å²) in [6.07, 6.45) is 1.60. The van der Waals surface area contributed by atoms with Crippen molar-refractivity contribution in [3.05, 3.63) is 32.6 Å². The summed E-state index contributed by atoms with van der Waals surface area (Å²) >= 11 is 0. The minimum absolute atomic E-state index is 0.252. The highest BCUT2D eigenvalue weighted by atomic mass is 16.5. The molecule has 0 aliphatic rings. The molecule has 1 heterocycles. The molecule has 0 aliphatic carbocycles. The van der Waals surface area contributed by atoms with E-state index in [0.717, 1.165) is 6.20 Å². The third-order valence-electron chi connectivity index (χ3n) is 2.41. The molecule has 94 valence electrons. The average molecular weight is 242 g/mol. The molecule has 1 aromatic heterocycles. The minimum Gasteiger partial charge on any atom is -0.477 e. The molecule has 17 heavy (non-hydrogen) atoms. The van der Waals surface area contributed by atoms with E-state index in [1.54, 1.807) is 6.92 Å². The van der Waals surface area contributed by atoms with Crippen LogP contribution in [0.2, 0.25) is 0 Å². The molecular weight excluding hydrogens is 228 g/mol. The number of methoxy groups -OCH3 is 1. The SMILES string of the molecule is COCCC(C)n1cc(C(=O)O)c(=O)[nH]c1=O. The molecule has 1 aromatic rings. The largest absolute Gasteiger partial charge is 0.477 e. The standard InChI is InChI=1S/C10H14N2O5/c1-6(3-4-17-2)12-5-7(9(14)15)8(13)11-10(12)16/h5-6H,3-4H2,1-2H3,(H,14,15)(H,11,13,16). The van der Waals surface area contributed by atoms with Crippen molar-refractivity contribution < 1.29 is 14.6 Å². The van der Waals surface area contributed by atoms with Crippen LogP contribution < -0.4 is 11.2 Å². The Labute approximate surface area is 96.7 Å². The summed E-state index contributed by atoms with van der Waals surface area (Å²) in [5, 5.41) is 8.78. The second kappa shape index (κ2) is 5.44. The maximum absolute atomic E-state index is 11.5. The zero-order valence-electron chi connectivity index (χ0n) is 9.60. The van der Waals surface area contributed by atoms with E-state index in [0.29, 0.717) is 13.0 Å². The van der Waals surface area contributed by atoms with Crippen LogP contribution in [0.1, 0.15) is 29.7 Å². The number of hydrogen-bond acceptors (Lipinski definition) is 4.